The van der Waals surface area contributed by atoms with E-state index in [4.69, 9.17) is 0 Å². The molecule has 3 nitrogen and oxygen atoms in total. The lowest BCUT2D eigenvalue weighted by Crippen LogP contribution is -2.71. The molecule has 2 heterocycles. The third-order valence-electron chi connectivity index (χ3n) is 7.26. The van der Waals surface area contributed by atoms with E-state index in [1.807, 2.05) is 18.2 Å². The van der Waals surface area contributed by atoms with Crippen molar-refractivity contribution in [1.82, 2.24) is 9.88 Å². The molecule has 2 atom stereocenters. The molecule has 0 radical (unpaired) electrons. The van der Waals surface area contributed by atoms with Crippen molar-refractivity contribution in [2.24, 2.45) is 5.92 Å². The van der Waals surface area contributed by atoms with Gasteiger partial charge in [-0.1, -0.05) is 18.2 Å². The first-order chi connectivity index (χ1) is 13.5. The molecule has 2 N–H and O–H groups in total. The maximum Gasteiger partial charge on any atom is 0.135 e. The molecule has 3 aromatic rings. The lowest BCUT2D eigenvalue weighted by molar-refractivity contribution is -0.174. The lowest BCUT2D eigenvalue weighted by atomic mass is 9.48. The minimum atomic E-state index is -0.683. The number of aromatic hydroxyl groups is 1. The van der Waals surface area contributed by atoms with Crippen LogP contribution in [0.3, 0.4) is 0 Å². The Morgan fingerprint density at radius 3 is 2.43 bits per heavy atom. The van der Waals surface area contributed by atoms with Gasteiger partial charge in [-0.3, -0.25) is 4.90 Å². The van der Waals surface area contributed by atoms with Crippen molar-refractivity contribution in [1.29, 1.82) is 0 Å². The Morgan fingerprint density at radius 1 is 1.11 bits per heavy atom. The summed E-state index contributed by atoms with van der Waals surface area (Å²) >= 11 is 0. The van der Waals surface area contributed by atoms with Crippen molar-refractivity contribution in [3.63, 3.8) is 0 Å². The van der Waals surface area contributed by atoms with E-state index >= 15 is 8.78 Å². The van der Waals surface area contributed by atoms with Crippen LogP contribution in [0.25, 0.3) is 10.9 Å². The van der Waals surface area contributed by atoms with Gasteiger partial charge in [0, 0.05) is 45.9 Å². The zero-order valence-electron chi connectivity index (χ0n) is 15.7. The molecule has 2 aromatic carbocycles. The third kappa shape index (κ3) is 2.00. The van der Waals surface area contributed by atoms with E-state index in [-0.39, 0.29) is 22.9 Å². The first-order valence-electron chi connectivity index (χ1n) is 10.0. The normalized spacial score (nSPS) is 31.3. The molecule has 0 amide bonds. The Morgan fingerprint density at radius 2 is 1.79 bits per heavy atom. The van der Waals surface area contributed by atoms with Gasteiger partial charge in [0.2, 0.25) is 0 Å². The maximum atomic E-state index is 15.0. The number of halogens is 2. The van der Waals surface area contributed by atoms with Crippen LogP contribution >= 0.6 is 0 Å². The zero-order chi connectivity index (χ0) is 19.2. The second-order valence-electron chi connectivity index (χ2n) is 8.95. The number of para-hydroxylation sites is 1. The van der Waals surface area contributed by atoms with E-state index in [1.54, 1.807) is 0 Å². The summed E-state index contributed by atoms with van der Waals surface area (Å²) in [7, 11) is 0. The van der Waals surface area contributed by atoms with Crippen molar-refractivity contribution < 1.29 is 13.9 Å². The number of nitrogens with one attached hydrogen (secondary N) is 1. The van der Waals surface area contributed by atoms with Crippen LogP contribution < -0.4 is 0 Å². The van der Waals surface area contributed by atoms with Crippen LogP contribution in [0.5, 0.6) is 5.75 Å². The number of rotatable bonds is 2. The van der Waals surface area contributed by atoms with Crippen LogP contribution in [-0.4, -0.2) is 26.6 Å². The van der Waals surface area contributed by atoms with Crippen LogP contribution in [-0.2, 0) is 6.42 Å². The summed E-state index contributed by atoms with van der Waals surface area (Å²) in [6.07, 6.45) is 4.21. The monoisotopic (exact) mass is 380 g/mol. The first-order valence-corrected chi connectivity index (χ1v) is 10.0. The molecule has 3 aliphatic carbocycles. The van der Waals surface area contributed by atoms with Crippen molar-refractivity contribution in [3.8, 4) is 5.75 Å². The number of aromatic amines is 1. The summed E-state index contributed by atoms with van der Waals surface area (Å²) in [5.41, 5.74) is 3.15. The molecule has 3 saturated carbocycles. The minimum Gasteiger partial charge on any atom is -0.508 e. The minimum absolute atomic E-state index is 0.0434. The van der Waals surface area contributed by atoms with Gasteiger partial charge in [0.15, 0.2) is 0 Å². The number of hydrogen-bond acceptors (Lipinski definition) is 2. The first kappa shape index (κ1) is 16.5. The van der Waals surface area contributed by atoms with Crippen LogP contribution in [0.2, 0.25) is 0 Å². The fourth-order valence-corrected chi connectivity index (χ4v) is 6.07. The van der Waals surface area contributed by atoms with Crippen molar-refractivity contribution in [3.05, 3.63) is 64.9 Å². The molecule has 7 rings (SSSR count). The number of fused-ring (bicyclic) bond motifs is 3. The molecule has 1 aromatic heterocycles. The molecule has 0 spiro atoms. The predicted octanol–water partition coefficient (Wildman–Crippen LogP) is 5.04. The molecule has 1 aliphatic heterocycles. The van der Waals surface area contributed by atoms with Gasteiger partial charge >= 0.3 is 0 Å². The summed E-state index contributed by atoms with van der Waals surface area (Å²) in [4.78, 5) is 5.85. The topological polar surface area (TPSA) is 39.3 Å². The summed E-state index contributed by atoms with van der Waals surface area (Å²) < 4.78 is 30.1. The summed E-state index contributed by atoms with van der Waals surface area (Å²) in [6.45, 7) is 2.17. The average molecular weight is 380 g/mol. The smallest absolute Gasteiger partial charge is 0.135 e. The van der Waals surface area contributed by atoms with Gasteiger partial charge in [0.1, 0.15) is 17.4 Å². The quantitative estimate of drug-likeness (QED) is 0.654. The van der Waals surface area contributed by atoms with Gasteiger partial charge in [-0.25, -0.2) is 8.78 Å². The van der Waals surface area contributed by atoms with Gasteiger partial charge in [-0.2, -0.15) is 0 Å². The SMILES string of the molecule is C[C@@H]1Cc2c([nH]c3ccccc23)[C@@H](c2c(F)cc(O)cc2F)N1C12CC(C1)C2. The number of phenolic OH excluding ortho intramolecular Hbond substituents is 1. The number of nitrogens with zero attached hydrogens (tertiary/aromatic N) is 1. The highest BCUT2D eigenvalue weighted by atomic mass is 19.1. The van der Waals surface area contributed by atoms with Crippen LogP contribution in [0.4, 0.5) is 8.78 Å². The molecule has 28 heavy (non-hydrogen) atoms. The van der Waals surface area contributed by atoms with Crippen LogP contribution in [0.15, 0.2) is 36.4 Å². The van der Waals surface area contributed by atoms with Crippen molar-refractivity contribution in [2.45, 2.75) is 50.2 Å². The van der Waals surface area contributed by atoms with Gasteiger partial charge in [-0.05, 0) is 50.2 Å². The second kappa shape index (κ2) is 5.35. The zero-order valence-corrected chi connectivity index (χ0v) is 15.7. The molecular formula is C23H22F2N2O. The van der Waals surface area contributed by atoms with Crippen LogP contribution in [0, 0.1) is 17.6 Å². The average Bonchev–Trinajstić information content (AvgIpc) is 2.92. The van der Waals surface area contributed by atoms with Gasteiger partial charge < -0.3 is 10.1 Å². The lowest BCUT2D eigenvalue weighted by Gasteiger charge is -2.70. The second-order valence-corrected chi connectivity index (χ2v) is 8.95. The number of H-pyrrole nitrogens is 1. The Labute approximate surface area is 162 Å². The van der Waals surface area contributed by atoms with Gasteiger partial charge in [-0.15, -0.1) is 0 Å². The Balaban J connectivity index is 1.62. The largest absolute Gasteiger partial charge is 0.508 e. The van der Waals surface area contributed by atoms with Gasteiger partial charge in [0.25, 0.3) is 0 Å². The number of phenols is 1. The molecule has 4 aliphatic rings. The highest BCUT2D eigenvalue weighted by Gasteiger charge is 2.63. The molecule has 5 heteroatoms. The summed E-state index contributed by atoms with van der Waals surface area (Å²) in [5.74, 6) is -0.973. The standard InChI is InChI=1S/C23H22F2N2O/c1-12-6-16-15-4-2-3-5-19(15)26-21(16)22(27(12)23-9-13(10-23)11-23)20-17(24)7-14(28)8-18(20)25/h2-5,7-8,12-13,22,26,28H,6,9-11H2,1H3/t12-,13?,22-,23?/m1/s1. The van der Waals surface area contributed by atoms with Crippen molar-refractivity contribution >= 4 is 10.9 Å². The number of aromatic nitrogens is 1. The van der Waals surface area contributed by atoms with E-state index < -0.39 is 17.7 Å². The van der Waals surface area contributed by atoms with Crippen molar-refractivity contribution in [2.75, 3.05) is 0 Å². The Kier molecular flexibility index (Phi) is 3.16. The highest BCUT2D eigenvalue weighted by molar-refractivity contribution is 5.85. The van der Waals surface area contributed by atoms with E-state index in [2.05, 4.69) is 22.9 Å². The molecule has 0 unspecified atom stereocenters. The van der Waals surface area contributed by atoms with Gasteiger partial charge in [0.05, 0.1) is 6.04 Å². The van der Waals surface area contributed by atoms with E-state index in [0.29, 0.717) is 0 Å². The molecule has 0 saturated heterocycles. The van der Waals surface area contributed by atoms with E-state index in [9.17, 15) is 5.11 Å². The highest BCUT2D eigenvalue weighted by Crippen LogP contribution is 2.64. The Bertz CT molecular complexity index is 1080. The molecule has 144 valence electrons. The predicted molar refractivity (Wildman–Crippen MR) is 103 cm³/mol. The fraction of sp³-hybridized carbons (Fsp3) is 0.391. The number of hydrogen-bond donors (Lipinski definition) is 2. The molecule has 2 bridgehead atoms. The third-order valence-corrected chi connectivity index (χ3v) is 7.26. The summed E-state index contributed by atoms with van der Waals surface area (Å²) in [5, 5.41) is 10.8. The number of benzene rings is 2. The van der Waals surface area contributed by atoms with E-state index in [1.165, 1.54) is 0 Å². The molecular weight excluding hydrogens is 358 g/mol. The van der Waals surface area contributed by atoms with Crippen LogP contribution in [0.1, 0.15) is 49.0 Å². The molecule has 3 fully saturated rings. The van der Waals surface area contributed by atoms with E-state index in [0.717, 1.165) is 65.9 Å². The Hall–Kier alpha value is -2.40. The maximum absolute atomic E-state index is 15.0. The summed E-state index contributed by atoms with van der Waals surface area (Å²) in [6, 6.07) is 9.81. The fourth-order valence-electron chi connectivity index (χ4n) is 6.07.